The maximum Gasteiger partial charge on any atom is 0.404 e. The van der Waals surface area contributed by atoms with Gasteiger partial charge < -0.3 is 15.6 Å². The number of aliphatic hydroxyl groups is 1. The highest BCUT2D eigenvalue weighted by Gasteiger charge is 2.22. The van der Waals surface area contributed by atoms with Gasteiger partial charge in [0.25, 0.3) is 0 Å². The van der Waals surface area contributed by atoms with E-state index in [1.165, 1.54) is 0 Å². The van der Waals surface area contributed by atoms with Gasteiger partial charge in [0.2, 0.25) is 0 Å². The third-order valence-corrected chi connectivity index (χ3v) is 2.66. The molecular weight excluding hydrogens is 194 g/mol. The molecule has 0 aromatic carbocycles. The van der Waals surface area contributed by atoms with E-state index in [0.717, 1.165) is 25.7 Å². The fourth-order valence-electron chi connectivity index (χ4n) is 1.79. The molecular formula is C11H23NO3. The zero-order chi connectivity index (χ0) is 11.7. The predicted octanol–water partition coefficient (Wildman–Crippen LogP) is 2.05. The summed E-state index contributed by atoms with van der Waals surface area (Å²) in [5.74, 6) is 0.310. The first-order valence-electron chi connectivity index (χ1n) is 5.72. The van der Waals surface area contributed by atoms with E-state index in [1.54, 1.807) is 0 Å². The van der Waals surface area contributed by atoms with E-state index in [0.29, 0.717) is 12.3 Å². The minimum absolute atomic E-state index is 0.0283. The number of primary amides is 1. The van der Waals surface area contributed by atoms with E-state index in [4.69, 9.17) is 15.6 Å². The Balaban J connectivity index is 4.18. The van der Waals surface area contributed by atoms with Crippen LogP contribution in [0.25, 0.3) is 0 Å². The predicted molar refractivity (Wildman–Crippen MR) is 59.5 cm³/mol. The maximum absolute atomic E-state index is 10.7. The summed E-state index contributed by atoms with van der Waals surface area (Å²) >= 11 is 0. The Hall–Kier alpha value is -0.770. The minimum Gasteiger partial charge on any atom is -0.446 e. The lowest BCUT2D eigenvalue weighted by atomic mass is 9.91. The molecule has 0 heterocycles. The number of hydrogen-bond acceptors (Lipinski definition) is 3. The molecule has 0 bridgehead atoms. The van der Waals surface area contributed by atoms with Crippen molar-refractivity contribution in [2.75, 3.05) is 6.61 Å². The quantitative estimate of drug-likeness (QED) is 0.653. The first-order valence-corrected chi connectivity index (χ1v) is 5.72. The maximum atomic E-state index is 10.7. The molecule has 0 rings (SSSR count). The number of aliphatic hydroxyl groups excluding tert-OH is 1. The lowest BCUT2D eigenvalue weighted by molar-refractivity contribution is 0.0453. The summed E-state index contributed by atoms with van der Waals surface area (Å²) in [5.41, 5.74) is 5.00. The Morgan fingerprint density at radius 2 is 2.07 bits per heavy atom. The average Bonchev–Trinajstić information content (AvgIpc) is 2.18. The second-order valence-electron chi connectivity index (χ2n) is 3.80. The molecule has 0 radical (unpaired) electrons. The second kappa shape index (κ2) is 8.53. The second-order valence-corrected chi connectivity index (χ2v) is 3.80. The van der Waals surface area contributed by atoms with Crippen LogP contribution in [-0.4, -0.2) is 23.9 Å². The Morgan fingerprint density at radius 1 is 1.40 bits per heavy atom. The highest BCUT2D eigenvalue weighted by Crippen LogP contribution is 2.21. The molecule has 0 saturated carbocycles. The van der Waals surface area contributed by atoms with Crippen LogP contribution in [0.2, 0.25) is 0 Å². The summed E-state index contributed by atoms with van der Waals surface area (Å²) in [7, 11) is 0. The summed E-state index contributed by atoms with van der Waals surface area (Å²) in [4.78, 5) is 10.7. The fraction of sp³-hybridized carbons (Fsp3) is 0.909. The molecule has 1 amide bonds. The molecule has 2 unspecified atom stereocenters. The lowest BCUT2D eigenvalue weighted by Gasteiger charge is -2.24. The van der Waals surface area contributed by atoms with Crippen molar-refractivity contribution in [2.24, 2.45) is 11.7 Å². The van der Waals surface area contributed by atoms with E-state index < -0.39 is 6.09 Å². The van der Waals surface area contributed by atoms with Crippen molar-refractivity contribution in [1.82, 2.24) is 0 Å². The van der Waals surface area contributed by atoms with Gasteiger partial charge in [-0.25, -0.2) is 4.79 Å². The molecule has 4 heteroatoms. The van der Waals surface area contributed by atoms with E-state index in [2.05, 4.69) is 13.8 Å². The molecule has 0 fully saturated rings. The van der Waals surface area contributed by atoms with Gasteiger partial charge in [0.05, 0.1) is 0 Å². The first-order chi connectivity index (χ1) is 7.15. The summed E-state index contributed by atoms with van der Waals surface area (Å²) < 4.78 is 5.02. The molecule has 90 valence electrons. The average molecular weight is 217 g/mol. The van der Waals surface area contributed by atoms with Crippen molar-refractivity contribution < 1.29 is 14.6 Å². The van der Waals surface area contributed by atoms with Gasteiger partial charge in [0, 0.05) is 13.0 Å². The largest absolute Gasteiger partial charge is 0.446 e. The Morgan fingerprint density at radius 3 is 2.47 bits per heavy atom. The lowest BCUT2D eigenvalue weighted by Crippen LogP contribution is -2.30. The van der Waals surface area contributed by atoms with Crippen LogP contribution >= 0.6 is 0 Å². The standard InChI is InChI=1S/C11H23NO3/c1-3-5-6-9(4-2)10(7-8-13)15-11(12)14/h9-10,13H,3-8H2,1-2H3,(H2,12,14). The van der Waals surface area contributed by atoms with Crippen LogP contribution < -0.4 is 5.73 Å². The number of carbonyl (C=O) groups excluding carboxylic acids is 1. The highest BCUT2D eigenvalue weighted by atomic mass is 16.6. The van der Waals surface area contributed by atoms with E-state index in [9.17, 15) is 4.79 Å². The molecule has 0 aliphatic rings. The summed E-state index contributed by atoms with van der Waals surface area (Å²) in [6, 6.07) is 0. The number of rotatable bonds is 8. The Bertz CT molecular complexity index is 173. The molecule has 0 aliphatic carbocycles. The Labute approximate surface area is 91.8 Å². The van der Waals surface area contributed by atoms with E-state index >= 15 is 0 Å². The first kappa shape index (κ1) is 14.2. The third-order valence-electron chi connectivity index (χ3n) is 2.66. The topological polar surface area (TPSA) is 72.6 Å². The van der Waals surface area contributed by atoms with Crippen molar-refractivity contribution in [3.63, 3.8) is 0 Å². The van der Waals surface area contributed by atoms with Crippen LogP contribution in [0.4, 0.5) is 4.79 Å². The van der Waals surface area contributed by atoms with Gasteiger partial charge in [0.15, 0.2) is 0 Å². The zero-order valence-electron chi connectivity index (χ0n) is 9.74. The molecule has 15 heavy (non-hydrogen) atoms. The van der Waals surface area contributed by atoms with Crippen LogP contribution in [0.1, 0.15) is 46.0 Å². The van der Waals surface area contributed by atoms with E-state index in [1.807, 2.05) is 0 Å². The summed E-state index contributed by atoms with van der Waals surface area (Å²) in [5, 5.41) is 8.89. The molecule has 0 saturated heterocycles. The van der Waals surface area contributed by atoms with Gasteiger partial charge in [-0.15, -0.1) is 0 Å². The molecule has 4 nitrogen and oxygen atoms in total. The normalized spacial score (nSPS) is 14.6. The smallest absolute Gasteiger partial charge is 0.404 e. The van der Waals surface area contributed by atoms with Gasteiger partial charge >= 0.3 is 6.09 Å². The molecule has 2 atom stereocenters. The SMILES string of the molecule is CCCCC(CC)C(CCO)OC(N)=O. The number of amides is 1. The van der Waals surface area contributed by atoms with Gasteiger partial charge in [0.1, 0.15) is 6.10 Å². The van der Waals surface area contributed by atoms with E-state index in [-0.39, 0.29) is 12.7 Å². The van der Waals surface area contributed by atoms with Gasteiger partial charge in [-0.1, -0.05) is 26.7 Å². The molecule has 0 spiro atoms. The van der Waals surface area contributed by atoms with Gasteiger partial charge in [-0.05, 0) is 18.8 Å². The molecule has 0 aromatic rings. The number of nitrogens with two attached hydrogens (primary N) is 1. The minimum atomic E-state index is -0.747. The number of unbranched alkanes of at least 4 members (excludes halogenated alkanes) is 1. The number of carbonyl (C=O) groups is 1. The van der Waals surface area contributed by atoms with Crippen molar-refractivity contribution >= 4 is 6.09 Å². The van der Waals surface area contributed by atoms with Gasteiger partial charge in [-0.2, -0.15) is 0 Å². The van der Waals surface area contributed by atoms with Crippen LogP contribution in [0.5, 0.6) is 0 Å². The van der Waals surface area contributed by atoms with Crippen LogP contribution in [0.3, 0.4) is 0 Å². The highest BCUT2D eigenvalue weighted by molar-refractivity contribution is 5.64. The van der Waals surface area contributed by atoms with Crippen LogP contribution in [0.15, 0.2) is 0 Å². The third kappa shape index (κ3) is 6.33. The zero-order valence-corrected chi connectivity index (χ0v) is 9.74. The molecule has 3 N–H and O–H groups in total. The summed E-state index contributed by atoms with van der Waals surface area (Å²) in [6.07, 6.45) is 3.70. The van der Waals surface area contributed by atoms with Crippen molar-refractivity contribution in [2.45, 2.75) is 52.1 Å². The fourth-order valence-corrected chi connectivity index (χ4v) is 1.79. The molecule has 0 aromatic heterocycles. The van der Waals surface area contributed by atoms with Crippen molar-refractivity contribution in [3.8, 4) is 0 Å². The monoisotopic (exact) mass is 217 g/mol. The number of ether oxygens (including phenoxy) is 1. The molecule has 0 aliphatic heterocycles. The van der Waals surface area contributed by atoms with Crippen LogP contribution in [-0.2, 0) is 4.74 Å². The Kier molecular flexibility index (Phi) is 8.09. The summed E-state index contributed by atoms with van der Waals surface area (Å²) in [6.45, 7) is 4.22. The van der Waals surface area contributed by atoms with Gasteiger partial charge in [-0.3, -0.25) is 0 Å². The van der Waals surface area contributed by atoms with Crippen LogP contribution in [0, 0.1) is 5.92 Å². The van der Waals surface area contributed by atoms with Crippen molar-refractivity contribution in [1.29, 1.82) is 0 Å². The number of hydrogen-bond donors (Lipinski definition) is 2. The van der Waals surface area contributed by atoms with Crippen molar-refractivity contribution in [3.05, 3.63) is 0 Å².